The molecule has 52 heavy (non-hydrogen) atoms. The van der Waals surface area contributed by atoms with Crippen LogP contribution in [0.2, 0.25) is 0 Å². The van der Waals surface area contributed by atoms with Gasteiger partial charge >= 0.3 is 30.2 Å². The van der Waals surface area contributed by atoms with Crippen LogP contribution in [0.25, 0.3) is 0 Å². The van der Waals surface area contributed by atoms with Crippen molar-refractivity contribution in [2.45, 2.75) is 96.8 Å². The van der Waals surface area contributed by atoms with Gasteiger partial charge in [0, 0.05) is 19.6 Å². The van der Waals surface area contributed by atoms with Crippen molar-refractivity contribution >= 4 is 24.1 Å². The molecule has 0 saturated heterocycles. The molecule has 0 saturated carbocycles. The molecule has 10 nitrogen and oxygen atoms in total. The lowest BCUT2D eigenvalue weighted by Gasteiger charge is -2.20. The van der Waals surface area contributed by atoms with Gasteiger partial charge in [0.25, 0.3) is 0 Å². The zero-order valence-electron chi connectivity index (χ0n) is 29.4. The molecule has 0 bridgehead atoms. The Kier molecular flexibility index (Phi) is 17.7. The molecular weight excluding hydrogens is 685 g/mol. The number of carbonyl (C=O) groups excluding carboxylic acids is 4. The molecule has 0 aromatic heterocycles. The largest absolute Gasteiger partial charge is 0.519 e. The molecule has 0 aliphatic rings. The van der Waals surface area contributed by atoms with Crippen molar-refractivity contribution in [3.8, 4) is 23.0 Å². The summed E-state index contributed by atoms with van der Waals surface area (Å²) in [4.78, 5) is 49.4. The average molecular weight is 731 g/mol. The van der Waals surface area contributed by atoms with E-state index in [0.29, 0.717) is 38.2 Å². The Labute approximate surface area is 301 Å². The molecule has 3 aromatic rings. The van der Waals surface area contributed by atoms with Gasteiger partial charge < -0.3 is 28.4 Å². The molecule has 0 aliphatic heterocycles. The topological polar surface area (TPSA) is 124 Å². The maximum absolute atomic E-state index is 13.5. The van der Waals surface area contributed by atoms with Gasteiger partial charge in [0.05, 0.1) is 11.1 Å². The van der Waals surface area contributed by atoms with Crippen LogP contribution in [0.4, 0.5) is 18.0 Å². The van der Waals surface area contributed by atoms with E-state index in [1.807, 2.05) is 6.92 Å². The van der Waals surface area contributed by atoms with Crippen molar-refractivity contribution in [1.82, 2.24) is 0 Å². The summed E-state index contributed by atoms with van der Waals surface area (Å²) in [5, 5.41) is 0. The Balaban J connectivity index is 1.42. The number of esters is 3. The van der Waals surface area contributed by atoms with Gasteiger partial charge in [-0.2, -0.15) is 13.2 Å². The molecule has 0 amide bonds. The molecule has 1 unspecified atom stereocenters. The van der Waals surface area contributed by atoms with Crippen molar-refractivity contribution in [1.29, 1.82) is 0 Å². The summed E-state index contributed by atoms with van der Waals surface area (Å²) in [6.45, 7) is 4.97. The SMILES string of the molecule is CCCCCCCCC(=O)Oc1ccc(OC(=O)Oc2ccc(C(=O)Oc3ccc(C(=O)OC(CCCCCOCC)C(F)(F)F)cc3)cc2)cc1. The highest BCUT2D eigenvalue weighted by molar-refractivity contribution is 5.92. The molecular formula is C39H45F3O10. The fourth-order valence-electron chi connectivity index (χ4n) is 4.85. The first-order valence-corrected chi connectivity index (χ1v) is 17.5. The lowest BCUT2D eigenvalue weighted by molar-refractivity contribution is -0.206. The van der Waals surface area contributed by atoms with Crippen molar-refractivity contribution in [3.63, 3.8) is 0 Å². The summed E-state index contributed by atoms with van der Waals surface area (Å²) < 4.78 is 71.3. The smallest absolute Gasteiger partial charge is 0.449 e. The standard InChI is InChI=1S/C39H45F3O10/c1-3-5-6-7-8-11-14-35(43)48-30-23-25-33(26-24-30)51-38(46)50-32-21-17-28(18-22-32)36(44)49-31-19-15-29(16-20-31)37(45)52-34(39(40,41)42)13-10-9-12-27-47-4-2/h15-26,34H,3-14,27H2,1-2H3. The maximum atomic E-state index is 13.5. The molecule has 0 heterocycles. The zero-order chi connectivity index (χ0) is 37.8. The van der Waals surface area contributed by atoms with Crippen LogP contribution < -0.4 is 18.9 Å². The van der Waals surface area contributed by atoms with E-state index in [9.17, 15) is 32.3 Å². The second-order valence-electron chi connectivity index (χ2n) is 11.8. The van der Waals surface area contributed by atoms with Gasteiger partial charge in [0.15, 0.2) is 6.10 Å². The number of hydrogen-bond donors (Lipinski definition) is 0. The number of carbonyl (C=O) groups is 4. The Hall–Kier alpha value is -4.91. The molecule has 3 aromatic carbocycles. The third kappa shape index (κ3) is 15.5. The fourth-order valence-corrected chi connectivity index (χ4v) is 4.85. The number of benzene rings is 3. The quantitative estimate of drug-likeness (QED) is 0.0453. The third-order valence-corrected chi connectivity index (χ3v) is 7.66. The Morgan fingerprint density at radius 3 is 1.62 bits per heavy atom. The first-order chi connectivity index (χ1) is 25.0. The number of hydrogen-bond acceptors (Lipinski definition) is 10. The monoisotopic (exact) mass is 730 g/mol. The summed E-state index contributed by atoms with van der Waals surface area (Å²) in [5.74, 6) is -1.67. The van der Waals surface area contributed by atoms with Gasteiger partial charge in [-0.05, 0) is 105 Å². The zero-order valence-corrected chi connectivity index (χ0v) is 29.4. The minimum absolute atomic E-state index is 0.0331. The Morgan fingerprint density at radius 1 is 0.577 bits per heavy atom. The van der Waals surface area contributed by atoms with E-state index in [2.05, 4.69) is 6.92 Å². The minimum atomic E-state index is -4.72. The highest BCUT2D eigenvalue weighted by Crippen LogP contribution is 2.28. The van der Waals surface area contributed by atoms with Crippen LogP contribution in [0.5, 0.6) is 23.0 Å². The van der Waals surface area contributed by atoms with Gasteiger partial charge in [0.2, 0.25) is 0 Å². The van der Waals surface area contributed by atoms with E-state index in [1.165, 1.54) is 79.2 Å². The predicted octanol–water partition coefficient (Wildman–Crippen LogP) is 9.82. The normalized spacial score (nSPS) is 11.7. The highest BCUT2D eigenvalue weighted by Gasteiger charge is 2.42. The molecule has 0 N–H and O–H groups in total. The van der Waals surface area contributed by atoms with E-state index < -0.39 is 30.4 Å². The van der Waals surface area contributed by atoms with Crippen molar-refractivity contribution < 1.29 is 60.8 Å². The summed E-state index contributed by atoms with van der Waals surface area (Å²) in [7, 11) is 0. The molecule has 13 heteroatoms. The Morgan fingerprint density at radius 2 is 1.06 bits per heavy atom. The second-order valence-corrected chi connectivity index (χ2v) is 11.8. The van der Waals surface area contributed by atoms with Gasteiger partial charge in [0.1, 0.15) is 23.0 Å². The number of ether oxygens (including phenoxy) is 6. The van der Waals surface area contributed by atoms with Crippen LogP contribution in [-0.4, -0.2) is 49.6 Å². The second kappa shape index (κ2) is 22.1. The summed E-state index contributed by atoms with van der Waals surface area (Å²) >= 11 is 0. The van der Waals surface area contributed by atoms with Crippen LogP contribution in [0.3, 0.4) is 0 Å². The summed E-state index contributed by atoms with van der Waals surface area (Å²) in [5.41, 5.74) is -0.0444. The van der Waals surface area contributed by atoms with E-state index in [1.54, 1.807) is 0 Å². The molecule has 282 valence electrons. The van der Waals surface area contributed by atoms with Crippen LogP contribution in [0.1, 0.15) is 105 Å². The van der Waals surface area contributed by atoms with E-state index in [4.69, 9.17) is 28.4 Å². The van der Waals surface area contributed by atoms with Gasteiger partial charge in [-0.1, -0.05) is 45.4 Å². The summed E-state index contributed by atoms with van der Waals surface area (Å²) in [6.07, 6.45) is -0.365. The molecule has 3 rings (SSSR count). The van der Waals surface area contributed by atoms with Gasteiger partial charge in [-0.15, -0.1) is 0 Å². The van der Waals surface area contributed by atoms with Crippen molar-refractivity contribution in [2.75, 3.05) is 13.2 Å². The summed E-state index contributed by atoms with van der Waals surface area (Å²) in [6, 6.07) is 16.2. The van der Waals surface area contributed by atoms with Crippen LogP contribution in [0, 0.1) is 0 Å². The van der Waals surface area contributed by atoms with Crippen LogP contribution in [-0.2, 0) is 14.3 Å². The molecule has 0 spiro atoms. The molecule has 1 atom stereocenters. The van der Waals surface area contributed by atoms with Crippen molar-refractivity contribution in [2.24, 2.45) is 0 Å². The molecule has 0 aliphatic carbocycles. The Bertz CT molecular complexity index is 1540. The fraction of sp³-hybridized carbons (Fsp3) is 0.436. The lowest BCUT2D eigenvalue weighted by Crippen LogP contribution is -2.33. The van der Waals surface area contributed by atoms with E-state index >= 15 is 0 Å². The maximum Gasteiger partial charge on any atom is 0.519 e. The van der Waals surface area contributed by atoms with Crippen molar-refractivity contribution in [3.05, 3.63) is 83.9 Å². The number of halogens is 3. The minimum Gasteiger partial charge on any atom is -0.449 e. The molecule has 0 radical (unpaired) electrons. The average Bonchev–Trinajstić information content (AvgIpc) is 3.11. The van der Waals surface area contributed by atoms with E-state index in [-0.39, 0.29) is 47.2 Å². The van der Waals surface area contributed by atoms with Crippen LogP contribution in [0.15, 0.2) is 72.8 Å². The molecule has 0 fully saturated rings. The number of alkyl halides is 3. The van der Waals surface area contributed by atoms with Gasteiger partial charge in [-0.3, -0.25) is 4.79 Å². The highest BCUT2D eigenvalue weighted by atomic mass is 19.4. The third-order valence-electron chi connectivity index (χ3n) is 7.66. The predicted molar refractivity (Wildman–Crippen MR) is 185 cm³/mol. The lowest BCUT2D eigenvalue weighted by atomic mass is 10.1. The van der Waals surface area contributed by atoms with Gasteiger partial charge in [-0.25, -0.2) is 14.4 Å². The first kappa shape index (κ1) is 41.5. The van der Waals surface area contributed by atoms with Crippen LogP contribution >= 0.6 is 0 Å². The van der Waals surface area contributed by atoms with E-state index in [0.717, 1.165) is 32.1 Å². The number of unbranched alkanes of at least 4 members (excludes halogenated alkanes) is 7. The first-order valence-electron chi connectivity index (χ1n) is 17.5. The number of rotatable bonds is 21.